The predicted octanol–water partition coefficient (Wildman–Crippen LogP) is 0.241. The molecule has 0 spiro atoms. The van der Waals surface area contributed by atoms with E-state index < -0.39 is 0 Å². The van der Waals surface area contributed by atoms with Gasteiger partial charge in [-0.3, -0.25) is 0 Å². The Labute approximate surface area is 83.3 Å². The lowest BCUT2D eigenvalue weighted by Crippen LogP contribution is -2.30. The molecule has 0 aliphatic carbocycles. The lowest BCUT2D eigenvalue weighted by molar-refractivity contribution is 0.0432. The van der Waals surface area contributed by atoms with Crippen LogP contribution in [0.15, 0.2) is 6.33 Å². The standard InChI is InChI=1S/C9H16N4O/c1-13-6-11-12-9(13)8(10)7-3-2-4-14-5-7/h6-8H,2-5,10H2,1H3. The molecule has 0 radical (unpaired) electrons. The lowest BCUT2D eigenvalue weighted by Gasteiger charge is -2.26. The molecule has 1 fully saturated rings. The molecule has 0 aromatic carbocycles. The van der Waals surface area contributed by atoms with Crippen LogP contribution in [-0.4, -0.2) is 28.0 Å². The summed E-state index contributed by atoms with van der Waals surface area (Å²) in [6, 6.07) is -0.0530. The van der Waals surface area contributed by atoms with Crippen LogP contribution >= 0.6 is 0 Å². The largest absolute Gasteiger partial charge is 0.381 e. The maximum absolute atomic E-state index is 6.11. The minimum absolute atomic E-state index is 0.0530. The Hall–Kier alpha value is -0.940. The van der Waals surface area contributed by atoms with Crippen LogP contribution in [0.25, 0.3) is 0 Å². The molecule has 14 heavy (non-hydrogen) atoms. The van der Waals surface area contributed by atoms with Gasteiger partial charge in [-0.15, -0.1) is 10.2 Å². The summed E-state index contributed by atoms with van der Waals surface area (Å²) in [5.74, 6) is 1.23. The first-order valence-corrected chi connectivity index (χ1v) is 4.96. The Bertz CT molecular complexity index is 293. The van der Waals surface area contributed by atoms with E-state index in [1.54, 1.807) is 6.33 Å². The zero-order valence-electron chi connectivity index (χ0n) is 8.39. The molecule has 5 heteroatoms. The molecule has 1 aliphatic rings. The second-order valence-corrected chi connectivity index (χ2v) is 3.80. The molecule has 2 N–H and O–H groups in total. The van der Waals surface area contributed by atoms with Gasteiger partial charge in [-0.1, -0.05) is 0 Å². The van der Waals surface area contributed by atoms with E-state index in [1.807, 2.05) is 11.6 Å². The Morgan fingerprint density at radius 1 is 1.71 bits per heavy atom. The number of aromatic nitrogens is 3. The van der Waals surface area contributed by atoms with Crippen LogP contribution in [0.3, 0.4) is 0 Å². The summed E-state index contributed by atoms with van der Waals surface area (Å²) < 4.78 is 7.28. The lowest BCUT2D eigenvalue weighted by atomic mass is 9.94. The highest BCUT2D eigenvalue weighted by Crippen LogP contribution is 2.24. The molecule has 78 valence electrons. The van der Waals surface area contributed by atoms with Crippen LogP contribution < -0.4 is 5.73 Å². The number of ether oxygens (including phenoxy) is 1. The van der Waals surface area contributed by atoms with E-state index in [2.05, 4.69) is 10.2 Å². The fraction of sp³-hybridized carbons (Fsp3) is 0.778. The molecule has 0 bridgehead atoms. The molecule has 0 amide bonds. The topological polar surface area (TPSA) is 66.0 Å². The summed E-state index contributed by atoms with van der Waals surface area (Å²) >= 11 is 0. The Morgan fingerprint density at radius 3 is 3.14 bits per heavy atom. The van der Waals surface area contributed by atoms with Crippen molar-refractivity contribution in [2.45, 2.75) is 18.9 Å². The average molecular weight is 196 g/mol. The summed E-state index contributed by atoms with van der Waals surface area (Å²) in [4.78, 5) is 0. The van der Waals surface area contributed by atoms with Crippen LogP contribution in [0.1, 0.15) is 24.7 Å². The Kier molecular flexibility index (Phi) is 2.79. The normalized spacial score (nSPS) is 24.9. The molecule has 2 unspecified atom stereocenters. The van der Waals surface area contributed by atoms with Crippen LogP contribution in [0.4, 0.5) is 0 Å². The second kappa shape index (κ2) is 4.06. The third-order valence-corrected chi connectivity index (χ3v) is 2.75. The molecule has 2 atom stereocenters. The maximum atomic E-state index is 6.11. The van der Waals surface area contributed by atoms with E-state index >= 15 is 0 Å². The number of hydrogen-bond acceptors (Lipinski definition) is 4. The molecule has 1 aromatic rings. The van der Waals surface area contributed by atoms with Gasteiger partial charge in [0, 0.05) is 19.6 Å². The highest BCUT2D eigenvalue weighted by atomic mass is 16.5. The summed E-state index contributed by atoms with van der Waals surface area (Å²) in [6.07, 6.45) is 3.89. The quantitative estimate of drug-likeness (QED) is 0.736. The van der Waals surface area contributed by atoms with Crippen LogP contribution in [-0.2, 0) is 11.8 Å². The van der Waals surface area contributed by atoms with E-state index in [-0.39, 0.29) is 6.04 Å². The average Bonchev–Trinajstić information content (AvgIpc) is 2.65. The number of nitrogens with two attached hydrogens (primary N) is 1. The van der Waals surface area contributed by atoms with E-state index in [4.69, 9.17) is 10.5 Å². The van der Waals surface area contributed by atoms with Gasteiger partial charge in [-0.25, -0.2) is 0 Å². The van der Waals surface area contributed by atoms with Gasteiger partial charge in [0.15, 0.2) is 0 Å². The van der Waals surface area contributed by atoms with Crippen molar-refractivity contribution in [1.29, 1.82) is 0 Å². The maximum Gasteiger partial charge on any atom is 0.149 e. The molecular weight excluding hydrogens is 180 g/mol. The minimum atomic E-state index is -0.0530. The first kappa shape index (κ1) is 9.61. The van der Waals surface area contributed by atoms with E-state index in [0.29, 0.717) is 5.92 Å². The van der Waals surface area contributed by atoms with Gasteiger partial charge < -0.3 is 15.0 Å². The molecule has 1 aliphatic heterocycles. The molecule has 2 rings (SSSR count). The monoisotopic (exact) mass is 196 g/mol. The fourth-order valence-corrected chi connectivity index (χ4v) is 1.85. The SMILES string of the molecule is Cn1cnnc1C(N)C1CCCOC1. The number of hydrogen-bond donors (Lipinski definition) is 1. The van der Waals surface area contributed by atoms with Crippen molar-refractivity contribution in [2.24, 2.45) is 18.7 Å². The van der Waals surface area contributed by atoms with Crippen molar-refractivity contribution in [1.82, 2.24) is 14.8 Å². The first-order valence-electron chi connectivity index (χ1n) is 4.96. The zero-order chi connectivity index (χ0) is 9.97. The van der Waals surface area contributed by atoms with Gasteiger partial charge in [0.2, 0.25) is 0 Å². The van der Waals surface area contributed by atoms with Crippen molar-refractivity contribution in [3.63, 3.8) is 0 Å². The van der Waals surface area contributed by atoms with Gasteiger partial charge in [0.25, 0.3) is 0 Å². The Morgan fingerprint density at radius 2 is 2.57 bits per heavy atom. The smallest absolute Gasteiger partial charge is 0.149 e. The third kappa shape index (κ3) is 1.78. The van der Waals surface area contributed by atoms with Gasteiger partial charge in [0.1, 0.15) is 12.2 Å². The summed E-state index contributed by atoms with van der Waals surface area (Å²) in [6.45, 7) is 1.61. The summed E-state index contributed by atoms with van der Waals surface area (Å²) in [5, 5.41) is 7.85. The predicted molar refractivity (Wildman–Crippen MR) is 51.5 cm³/mol. The highest BCUT2D eigenvalue weighted by molar-refractivity contribution is 4.96. The number of aryl methyl sites for hydroxylation is 1. The molecular formula is C9H16N4O. The van der Waals surface area contributed by atoms with Crippen molar-refractivity contribution in [2.75, 3.05) is 13.2 Å². The number of rotatable bonds is 2. The number of nitrogens with zero attached hydrogens (tertiary/aromatic N) is 3. The Balaban J connectivity index is 2.07. The second-order valence-electron chi connectivity index (χ2n) is 3.80. The van der Waals surface area contributed by atoms with E-state index in [0.717, 1.165) is 31.9 Å². The van der Waals surface area contributed by atoms with Gasteiger partial charge in [-0.2, -0.15) is 0 Å². The van der Waals surface area contributed by atoms with E-state index in [9.17, 15) is 0 Å². The minimum Gasteiger partial charge on any atom is -0.381 e. The van der Waals surface area contributed by atoms with Crippen LogP contribution in [0.2, 0.25) is 0 Å². The van der Waals surface area contributed by atoms with Crippen LogP contribution in [0.5, 0.6) is 0 Å². The summed E-state index contributed by atoms with van der Waals surface area (Å²) in [7, 11) is 1.92. The highest BCUT2D eigenvalue weighted by Gasteiger charge is 2.25. The van der Waals surface area contributed by atoms with E-state index in [1.165, 1.54) is 0 Å². The molecule has 2 heterocycles. The molecule has 0 saturated carbocycles. The molecule has 1 aromatic heterocycles. The third-order valence-electron chi connectivity index (χ3n) is 2.75. The van der Waals surface area contributed by atoms with Crippen molar-refractivity contribution < 1.29 is 4.74 Å². The van der Waals surface area contributed by atoms with Gasteiger partial charge in [-0.05, 0) is 12.8 Å². The first-order chi connectivity index (χ1) is 6.79. The van der Waals surface area contributed by atoms with Gasteiger partial charge in [0.05, 0.1) is 12.6 Å². The zero-order valence-corrected chi connectivity index (χ0v) is 8.39. The van der Waals surface area contributed by atoms with Crippen LogP contribution in [0, 0.1) is 5.92 Å². The molecule has 5 nitrogen and oxygen atoms in total. The summed E-state index contributed by atoms with van der Waals surface area (Å²) in [5.41, 5.74) is 6.11. The molecule has 1 saturated heterocycles. The van der Waals surface area contributed by atoms with Crippen molar-refractivity contribution in [3.05, 3.63) is 12.2 Å². The van der Waals surface area contributed by atoms with Gasteiger partial charge >= 0.3 is 0 Å². The fourth-order valence-electron chi connectivity index (χ4n) is 1.85. The van der Waals surface area contributed by atoms with Crippen molar-refractivity contribution >= 4 is 0 Å². The van der Waals surface area contributed by atoms with Crippen molar-refractivity contribution in [3.8, 4) is 0 Å².